The van der Waals surface area contributed by atoms with E-state index in [0.29, 0.717) is 24.5 Å². The summed E-state index contributed by atoms with van der Waals surface area (Å²) in [6.45, 7) is 2.98. The fraction of sp³-hybridized carbons (Fsp3) is 0.226. The average Bonchev–Trinajstić information content (AvgIpc) is 3.44. The van der Waals surface area contributed by atoms with Crippen LogP contribution in [0.5, 0.6) is 5.75 Å². The van der Waals surface area contributed by atoms with Crippen molar-refractivity contribution in [2.75, 3.05) is 6.54 Å². The van der Waals surface area contributed by atoms with E-state index in [1.807, 2.05) is 42.2 Å². The van der Waals surface area contributed by atoms with Gasteiger partial charge < -0.3 is 19.4 Å². The first kappa shape index (κ1) is 25.3. The molecule has 0 fully saturated rings. The van der Waals surface area contributed by atoms with Gasteiger partial charge in [0.1, 0.15) is 23.9 Å². The van der Waals surface area contributed by atoms with E-state index in [1.165, 1.54) is 17.7 Å². The lowest BCUT2D eigenvalue weighted by Crippen LogP contribution is -2.40. The smallest absolute Gasteiger partial charge is 0.287 e. The number of carbonyl (C=O) groups is 2. The molecular formula is C31H29FN2O4. The standard InChI is InChI=1S/C31H29FN2O4/c1-2-29(35)34-17-16-22-10-13-25(18-27(22)30(34)23-6-4-3-5-7-23)37-20-26-14-15-28(38-26)31(36)33-19-21-8-11-24(32)12-9-21/h3-15,18,30H,2,16-17,19-20H2,1H3,(H,33,36). The molecule has 4 aromatic rings. The van der Waals surface area contributed by atoms with Crippen molar-refractivity contribution in [3.8, 4) is 5.75 Å². The number of hydrogen-bond acceptors (Lipinski definition) is 4. The summed E-state index contributed by atoms with van der Waals surface area (Å²) in [5, 5.41) is 2.77. The monoisotopic (exact) mass is 512 g/mol. The highest BCUT2D eigenvalue weighted by Gasteiger charge is 2.31. The molecule has 1 atom stereocenters. The maximum atomic E-state index is 13.1. The molecule has 0 bridgehead atoms. The van der Waals surface area contributed by atoms with Gasteiger partial charge in [-0.25, -0.2) is 4.39 Å². The second-order valence-electron chi connectivity index (χ2n) is 9.23. The summed E-state index contributed by atoms with van der Waals surface area (Å²) in [5.41, 5.74) is 4.11. The molecule has 0 spiro atoms. The van der Waals surface area contributed by atoms with Crippen LogP contribution in [0.3, 0.4) is 0 Å². The van der Waals surface area contributed by atoms with Crippen molar-refractivity contribution >= 4 is 11.8 Å². The van der Waals surface area contributed by atoms with E-state index >= 15 is 0 Å². The van der Waals surface area contributed by atoms with Crippen molar-refractivity contribution in [1.82, 2.24) is 10.2 Å². The summed E-state index contributed by atoms with van der Waals surface area (Å²) in [5.74, 6) is 0.787. The van der Waals surface area contributed by atoms with Crippen LogP contribution in [0.2, 0.25) is 0 Å². The lowest BCUT2D eigenvalue weighted by molar-refractivity contribution is -0.132. The number of nitrogens with zero attached hydrogens (tertiary/aromatic N) is 1. The van der Waals surface area contributed by atoms with Crippen LogP contribution >= 0.6 is 0 Å². The second-order valence-corrected chi connectivity index (χ2v) is 9.23. The Hall–Kier alpha value is -4.39. The number of benzene rings is 3. The van der Waals surface area contributed by atoms with Gasteiger partial charge in [-0.05, 0) is 65.1 Å². The summed E-state index contributed by atoms with van der Waals surface area (Å²) in [7, 11) is 0. The van der Waals surface area contributed by atoms with Crippen molar-refractivity contribution in [3.05, 3.63) is 125 Å². The van der Waals surface area contributed by atoms with Crippen LogP contribution in [0.1, 0.15) is 58.0 Å². The fourth-order valence-electron chi connectivity index (χ4n) is 4.75. The number of hydrogen-bond donors (Lipinski definition) is 1. The van der Waals surface area contributed by atoms with Crippen LogP contribution in [0.15, 0.2) is 89.3 Å². The average molecular weight is 513 g/mol. The van der Waals surface area contributed by atoms with Gasteiger partial charge in [-0.2, -0.15) is 0 Å². The maximum absolute atomic E-state index is 13.1. The van der Waals surface area contributed by atoms with Crippen LogP contribution in [0, 0.1) is 5.82 Å². The van der Waals surface area contributed by atoms with Gasteiger partial charge in [0.25, 0.3) is 5.91 Å². The van der Waals surface area contributed by atoms with E-state index in [0.717, 1.165) is 23.1 Å². The lowest BCUT2D eigenvalue weighted by Gasteiger charge is -2.38. The van der Waals surface area contributed by atoms with Crippen LogP contribution in [-0.4, -0.2) is 23.3 Å². The number of carbonyl (C=O) groups excluding carboxylic acids is 2. The summed E-state index contributed by atoms with van der Waals surface area (Å²) in [6.07, 6.45) is 1.24. The molecule has 2 amide bonds. The number of amides is 2. The van der Waals surface area contributed by atoms with Crippen LogP contribution < -0.4 is 10.1 Å². The Morgan fingerprint density at radius 3 is 2.58 bits per heavy atom. The van der Waals surface area contributed by atoms with Crippen LogP contribution in [-0.2, 0) is 24.4 Å². The van der Waals surface area contributed by atoms with E-state index in [1.54, 1.807) is 24.3 Å². The second kappa shape index (κ2) is 11.3. The Bertz CT molecular complexity index is 1420. The number of halogens is 1. The zero-order valence-corrected chi connectivity index (χ0v) is 21.2. The Kier molecular flexibility index (Phi) is 7.54. The minimum Gasteiger partial charge on any atom is -0.486 e. The third-order valence-electron chi connectivity index (χ3n) is 6.72. The molecule has 5 rings (SSSR count). The molecule has 1 unspecified atom stereocenters. The molecule has 0 saturated heterocycles. The van der Waals surface area contributed by atoms with Gasteiger partial charge in [0, 0.05) is 19.5 Å². The SMILES string of the molecule is CCC(=O)N1CCc2ccc(OCc3ccc(C(=O)NCc4ccc(F)cc4)o3)cc2C1c1ccccc1. The van der Waals surface area contributed by atoms with Crippen molar-refractivity contribution in [1.29, 1.82) is 0 Å². The van der Waals surface area contributed by atoms with Gasteiger partial charge in [-0.3, -0.25) is 9.59 Å². The van der Waals surface area contributed by atoms with Gasteiger partial charge in [0.05, 0.1) is 6.04 Å². The number of nitrogens with one attached hydrogen (secondary N) is 1. The Morgan fingerprint density at radius 1 is 1.03 bits per heavy atom. The zero-order chi connectivity index (χ0) is 26.5. The largest absolute Gasteiger partial charge is 0.486 e. The van der Waals surface area contributed by atoms with E-state index in [-0.39, 0.29) is 42.6 Å². The molecule has 3 aromatic carbocycles. The first-order valence-corrected chi connectivity index (χ1v) is 12.7. The van der Waals surface area contributed by atoms with E-state index in [9.17, 15) is 14.0 Å². The van der Waals surface area contributed by atoms with E-state index in [2.05, 4.69) is 23.5 Å². The molecule has 0 aliphatic carbocycles. The molecule has 2 heterocycles. The third-order valence-corrected chi connectivity index (χ3v) is 6.72. The summed E-state index contributed by atoms with van der Waals surface area (Å²) in [4.78, 5) is 27.2. The normalized spacial score (nSPS) is 14.6. The molecule has 7 heteroatoms. The minimum atomic E-state index is -0.360. The topological polar surface area (TPSA) is 71.8 Å². The van der Waals surface area contributed by atoms with E-state index < -0.39 is 0 Å². The number of ether oxygens (including phenoxy) is 1. The van der Waals surface area contributed by atoms with Gasteiger partial charge >= 0.3 is 0 Å². The highest BCUT2D eigenvalue weighted by Crippen LogP contribution is 2.37. The van der Waals surface area contributed by atoms with Crippen molar-refractivity contribution in [2.24, 2.45) is 0 Å². The van der Waals surface area contributed by atoms with Crippen LogP contribution in [0.25, 0.3) is 0 Å². The predicted molar refractivity (Wildman–Crippen MR) is 141 cm³/mol. The summed E-state index contributed by atoms with van der Waals surface area (Å²) in [6, 6.07) is 25.1. The number of furan rings is 1. The van der Waals surface area contributed by atoms with Gasteiger partial charge in [0.2, 0.25) is 5.91 Å². The highest BCUT2D eigenvalue weighted by atomic mass is 19.1. The molecule has 1 aromatic heterocycles. The maximum Gasteiger partial charge on any atom is 0.287 e. The lowest BCUT2D eigenvalue weighted by atomic mass is 9.87. The van der Waals surface area contributed by atoms with Crippen molar-refractivity contribution in [3.63, 3.8) is 0 Å². The molecule has 1 N–H and O–H groups in total. The molecule has 194 valence electrons. The fourth-order valence-corrected chi connectivity index (χ4v) is 4.75. The first-order chi connectivity index (χ1) is 18.5. The molecular weight excluding hydrogens is 483 g/mol. The molecule has 0 radical (unpaired) electrons. The van der Waals surface area contributed by atoms with Crippen molar-refractivity contribution < 1.29 is 23.1 Å². The Morgan fingerprint density at radius 2 is 1.82 bits per heavy atom. The zero-order valence-electron chi connectivity index (χ0n) is 21.2. The quantitative estimate of drug-likeness (QED) is 0.323. The summed E-state index contributed by atoms with van der Waals surface area (Å²) >= 11 is 0. The Balaban J connectivity index is 1.27. The van der Waals surface area contributed by atoms with Crippen molar-refractivity contribution in [2.45, 2.75) is 39.0 Å². The number of fused-ring (bicyclic) bond motifs is 1. The predicted octanol–water partition coefficient (Wildman–Crippen LogP) is 5.81. The van der Waals surface area contributed by atoms with Gasteiger partial charge in [-0.1, -0.05) is 55.5 Å². The molecule has 6 nitrogen and oxygen atoms in total. The van der Waals surface area contributed by atoms with Gasteiger partial charge in [-0.15, -0.1) is 0 Å². The van der Waals surface area contributed by atoms with Gasteiger partial charge in [0.15, 0.2) is 5.76 Å². The highest BCUT2D eigenvalue weighted by molar-refractivity contribution is 5.91. The molecule has 38 heavy (non-hydrogen) atoms. The third kappa shape index (κ3) is 5.62. The first-order valence-electron chi connectivity index (χ1n) is 12.7. The van der Waals surface area contributed by atoms with E-state index in [4.69, 9.17) is 9.15 Å². The minimum absolute atomic E-state index is 0.122. The Labute approximate surface area is 221 Å². The molecule has 1 aliphatic heterocycles. The molecule has 1 aliphatic rings. The van der Waals surface area contributed by atoms with Crippen LogP contribution in [0.4, 0.5) is 4.39 Å². The molecule has 0 saturated carbocycles. The summed E-state index contributed by atoms with van der Waals surface area (Å²) < 4.78 is 24.8. The number of rotatable bonds is 8.